The summed E-state index contributed by atoms with van der Waals surface area (Å²) in [6, 6.07) is 3.58. The van der Waals surface area contributed by atoms with Crippen LogP contribution in [0.15, 0.2) is 16.6 Å². The van der Waals surface area contributed by atoms with Gasteiger partial charge in [-0.3, -0.25) is 0 Å². The molecule has 1 aromatic rings. The molecule has 1 saturated carbocycles. The molecule has 4 heteroatoms. The van der Waals surface area contributed by atoms with Crippen LogP contribution in [-0.4, -0.2) is 13.1 Å². The van der Waals surface area contributed by atoms with Gasteiger partial charge in [0.15, 0.2) is 0 Å². The summed E-state index contributed by atoms with van der Waals surface area (Å²) in [5.41, 5.74) is 0.690. The van der Waals surface area contributed by atoms with E-state index in [2.05, 4.69) is 22.9 Å². The van der Waals surface area contributed by atoms with Gasteiger partial charge in [-0.05, 0) is 65.1 Å². The molecule has 2 rings (SSSR count). The Morgan fingerprint density at radius 3 is 2.57 bits per heavy atom. The van der Waals surface area contributed by atoms with Gasteiger partial charge in [-0.1, -0.05) is 38.7 Å². The Labute approximate surface area is 146 Å². The highest BCUT2D eigenvalue weighted by Gasteiger charge is 2.27. The molecule has 0 aliphatic heterocycles. The zero-order chi connectivity index (χ0) is 16.8. The minimum Gasteiger partial charge on any atom is -0.465 e. The quantitative estimate of drug-likeness (QED) is 0.429. The number of unbranched alkanes of at least 4 members (excludes halogenated alkanes) is 2. The number of esters is 1. The monoisotopic (exact) mass is 384 g/mol. The lowest BCUT2D eigenvalue weighted by atomic mass is 9.76. The van der Waals surface area contributed by atoms with E-state index in [1.165, 1.54) is 32.8 Å². The predicted molar refractivity (Wildman–Crippen MR) is 94.3 cm³/mol. The van der Waals surface area contributed by atoms with Crippen LogP contribution in [0.1, 0.15) is 80.1 Å². The van der Waals surface area contributed by atoms with Crippen molar-refractivity contribution in [2.45, 2.75) is 64.2 Å². The van der Waals surface area contributed by atoms with Gasteiger partial charge in [0.1, 0.15) is 11.4 Å². The molecular weight excluding hydrogens is 359 g/mol. The van der Waals surface area contributed by atoms with Crippen molar-refractivity contribution in [2.75, 3.05) is 7.11 Å². The second-order valence-corrected chi connectivity index (χ2v) is 7.38. The second kappa shape index (κ2) is 8.81. The van der Waals surface area contributed by atoms with Gasteiger partial charge in [-0.2, -0.15) is 0 Å². The molecular formula is C19H26BrFO2. The zero-order valence-electron chi connectivity index (χ0n) is 14.0. The van der Waals surface area contributed by atoms with Crippen LogP contribution in [0, 0.1) is 11.7 Å². The lowest BCUT2D eigenvalue weighted by Gasteiger charge is -2.29. The van der Waals surface area contributed by atoms with Gasteiger partial charge in [0.2, 0.25) is 0 Å². The van der Waals surface area contributed by atoms with E-state index in [1.54, 1.807) is 6.07 Å². The SMILES string of the molecule is CCCCCC1CCC(c2ccc(Br)c(C(=O)OC)c2F)CC1. The Bertz CT molecular complexity index is 536. The summed E-state index contributed by atoms with van der Waals surface area (Å²) in [6.07, 6.45) is 9.53. The highest BCUT2D eigenvalue weighted by atomic mass is 79.9. The van der Waals surface area contributed by atoms with E-state index in [0.29, 0.717) is 10.0 Å². The van der Waals surface area contributed by atoms with Crippen LogP contribution in [-0.2, 0) is 4.74 Å². The molecule has 1 aliphatic carbocycles. The van der Waals surface area contributed by atoms with Crippen molar-refractivity contribution >= 4 is 21.9 Å². The topological polar surface area (TPSA) is 26.3 Å². The van der Waals surface area contributed by atoms with Gasteiger partial charge in [0.25, 0.3) is 0 Å². The Balaban J connectivity index is 2.05. The maximum Gasteiger partial charge on any atom is 0.342 e. The smallest absolute Gasteiger partial charge is 0.342 e. The molecule has 0 atom stereocenters. The lowest BCUT2D eigenvalue weighted by Crippen LogP contribution is -2.16. The molecule has 0 heterocycles. The molecule has 128 valence electrons. The summed E-state index contributed by atoms with van der Waals surface area (Å²) in [7, 11) is 1.28. The first kappa shape index (κ1) is 18.4. The molecule has 0 aromatic heterocycles. The Morgan fingerprint density at radius 1 is 1.26 bits per heavy atom. The maximum absolute atomic E-state index is 14.8. The normalized spacial score (nSPS) is 21.2. The van der Waals surface area contributed by atoms with Crippen LogP contribution in [0.5, 0.6) is 0 Å². The van der Waals surface area contributed by atoms with Crippen molar-refractivity contribution in [3.63, 3.8) is 0 Å². The van der Waals surface area contributed by atoms with Gasteiger partial charge in [-0.15, -0.1) is 0 Å². The fourth-order valence-electron chi connectivity index (χ4n) is 3.62. The zero-order valence-corrected chi connectivity index (χ0v) is 15.6. The van der Waals surface area contributed by atoms with Crippen LogP contribution >= 0.6 is 15.9 Å². The fourth-order valence-corrected chi connectivity index (χ4v) is 4.09. The van der Waals surface area contributed by atoms with Crippen molar-refractivity contribution in [1.82, 2.24) is 0 Å². The number of ether oxygens (including phenoxy) is 1. The first-order valence-corrected chi connectivity index (χ1v) is 9.44. The average Bonchev–Trinajstić information content (AvgIpc) is 2.56. The third-order valence-corrected chi connectivity index (χ3v) is 5.67. The predicted octanol–water partition coefficient (Wildman–Crippen LogP) is 6.23. The number of hydrogen-bond donors (Lipinski definition) is 0. The summed E-state index contributed by atoms with van der Waals surface area (Å²) in [5, 5.41) is 0. The summed E-state index contributed by atoms with van der Waals surface area (Å²) in [5.74, 6) is -0.0320. The highest BCUT2D eigenvalue weighted by molar-refractivity contribution is 9.10. The number of carbonyl (C=O) groups excluding carboxylic acids is 1. The van der Waals surface area contributed by atoms with Gasteiger partial charge >= 0.3 is 5.97 Å². The maximum atomic E-state index is 14.8. The van der Waals surface area contributed by atoms with E-state index < -0.39 is 11.8 Å². The van der Waals surface area contributed by atoms with Crippen molar-refractivity contribution in [2.24, 2.45) is 5.92 Å². The van der Waals surface area contributed by atoms with E-state index in [9.17, 15) is 9.18 Å². The third kappa shape index (κ3) is 4.56. The first-order valence-electron chi connectivity index (χ1n) is 8.64. The van der Waals surface area contributed by atoms with E-state index in [0.717, 1.165) is 31.6 Å². The lowest BCUT2D eigenvalue weighted by molar-refractivity contribution is 0.0594. The average molecular weight is 385 g/mol. The van der Waals surface area contributed by atoms with Crippen LogP contribution in [0.25, 0.3) is 0 Å². The number of benzene rings is 1. The number of rotatable bonds is 6. The number of methoxy groups -OCH3 is 1. The van der Waals surface area contributed by atoms with Crippen LogP contribution in [0.4, 0.5) is 4.39 Å². The summed E-state index contributed by atoms with van der Waals surface area (Å²) >= 11 is 3.25. The molecule has 23 heavy (non-hydrogen) atoms. The van der Waals surface area contributed by atoms with E-state index in [1.807, 2.05) is 6.07 Å². The van der Waals surface area contributed by atoms with Crippen LogP contribution in [0.2, 0.25) is 0 Å². The molecule has 0 spiro atoms. The summed E-state index contributed by atoms with van der Waals surface area (Å²) in [4.78, 5) is 11.8. The van der Waals surface area contributed by atoms with Gasteiger partial charge in [0.05, 0.1) is 7.11 Å². The fraction of sp³-hybridized carbons (Fsp3) is 0.632. The third-order valence-electron chi connectivity index (χ3n) is 5.01. The van der Waals surface area contributed by atoms with Gasteiger partial charge in [0, 0.05) is 4.47 Å². The minimum absolute atomic E-state index is 0.0232. The van der Waals surface area contributed by atoms with Crippen molar-refractivity contribution in [3.05, 3.63) is 33.5 Å². The molecule has 0 unspecified atom stereocenters. The second-order valence-electron chi connectivity index (χ2n) is 6.53. The van der Waals surface area contributed by atoms with Crippen molar-refractivity contribution < 1.29 is 13.9 Å². The summed E-state index contributed by atoms with van der Waals surface area (Å²) < 4.78 is 19.9. The van der Waals surface area contributed by atoms with Crippen molar-refractivity contribution in [1.29, 1.82) is 0 Å². The molecule has 0 bridgehead atoms. The first-order chi connectivity index (χ1) is 11.1. The number of hydrogen-bond acceptors (Lipinski definition) is 2. The molecule has 0 amide bonds. The van der Waals surface area contributed by atoms with E-state index in [4.69, 9.17) is 4.74 Å². The largest absolute Gasteiger partial charge is 0.465 e. The Morgan fingerprint density at radius 2 is 1.96 bits per heavy atom. The van der Waals surface area contributed by atoms with Gasteiger partial charge < -0.3 is 4.74 Å². The van der Waals surface area contributed by atoms with Gasteiger partial charge in [-0.25, -0.2) is 9.18 Å². The molecule has 2 nitrogen and oxygen atoms in total. The summed E-state index contributed by atoms with van der Waals surface area (Å²) in [6.45, 7) is 2.23. The molecule has 0 saturated heterocycles. The molecule has 1 aromatic carbocycles. The standard InChI is InChI=1S/C19H26BrFO2/c1-3-4-5-6-13-7-9-14(10-8-13)15-11-12-16(20)17(18(15)21)19(22)23-2/h11-14H,3-10H2,1-2H3. The van der Waals surface area contributed by atoms with E-state index in [-0.39, 0.29) is 11.5 Å². The molecule has 1 fully saturated rings. The molecule has 0 N–H and O–H groups in total. The number of carbonyl (C=O) groups is 1. The molecule has 1 aliphatic rings. The Kier molecular flexibility index (Phi) is 7.07. The minimum atomic E-state index is -0.621. The Hall–Kier alpha value is -0.900. The highest BCUT2D eigenvalue weighted by Crippen LogP contribution is 2.40. The van der Waals surface area contributed by atoms with Crippen LogP contribution < -0.4 is 0 Å². The van der Waals surface area contributed by atoms with Crippen LogP contribution in [0.3, 0.4) is 0 Å². The van der Waals surface area contributed by atoms with Crippen molar-refractivity contribution in [3.8, 4) is 0 Å². The van der Waals surface area contributed by atoms with E-state index >= 15 is 0 Å². The molecule has 0 radical (unpaired) electrons. The number of halogens is 2.